The average Bonchev–Trinajstić information content (AvgIpc) is 3.98. The van der Waals surface area contributed by atoms with Gasteiger partial charge in [0, 0.05) is 55.8 Å². The van der Waals surface area contributed by atoms with Gasteiger partial charge < -0.3 is 34.1 Å². The Kier molecular flexibility index (Phi) is 26.9. The predicted octanol–water partition coefficient (Wildman–Crippen LogP) is 8.00. The van der Waals surface area contributed by atoms with Gasteiger partial charge >= 0.3 is 12.7 Å². The number of amidine groups is 1. The van der Waals surface area contributed by atoms with Crippen LogP contribution in [0.3, 0.4) is 0 Å². The third-order valence-electron chi connectivity index (χ3n) is 10.4. The third-order valence-corrected chi connectivity index (χ3v) is 13.7. The topological polar surface area (TPSA) is 273 Å². The zero-order valence-electron chi connectivity index (χ0n) is 45.4. The van der Waals surface area contributed by atoms with Crippen LogP contribution in [0.5, 0.6) is 11.5 Å². The molecule has 80 heavy (non-hydrogen) atoms. The Hall–Kier alpha value is -7.47. The number of sulfone groups is 2. The van der Waals surface area contributed by atoms with Crippen molar-refractivity contribution in [3.05, 3.63) is 116 Å². The van der Waals surface area contributed by atoms with Crippen molar-refractivity contribution in [1.82, 2.24) is 58.8 Å². The van der Waals surface area contributed by atoms with E-state index in [1.807, 2.05) is 26.0 Å². The number of ketones is 1. The number of benzene rings is 2. The Labute approximate surface area is 466 Å². The molecular weight excluding hydrogens is 1120 g/mol. The van der Waals surface area contributed by atoms with E-state index in [1.54, 1.807) is 36.1 Å². The van der Waals surface area contributed by atoms with Crippen molar-refractivity contribution in [2.45, 2.75) is 52.2 Å². The number of ether oxygens (including phenoxy) is 2. The van der Waals surface area contributed by atoms with Crippen LogP contribution in [0.2, 0.25) is 0 Å². The third kappa shape index (κ3) is 22.0. The number of rotatable bonds is 16. The van der Waals surface area contributed by atoms with Crippen molar-refractivity contribution in [2.24, 2.45) is 19.8 Å². The van der Waals surface area contributed by atoms with Crippen molar-refractivity contribution in [1.29, 1.82) is 5.41 Å². The summed E-state index contributed by atoms with van der Waals surface area (Å²) in [7, 11) is 1.96. The Morgan fingerprint density at radius 2 is 1.07 bits per heavy atom. The van der Waals surface area contributed by atoms with E-state index >= 15 is 0 Å². The van der Waals surface area contributed by atoms with Crippen LogP contribution in [0.15, 0.2) is 109 Å². The van der Waals surface area contributed by atoms with Gasteiger partial charge in [-0.2, -0.15) is 0 Å². The lowest BCUT2D eigenvalue weighted by molar-refractivity contribution is -0.275. The van der Waals surface area contributed by atoms with E-state index in [1.165, 1.54) is 112 Å². The fourth-order valence-electron chi connectivity index (χ4n) is 6.40. The fourth-order valence-corrected chi connectivity index (χ4v) is 8.09. The maximum Gasteiger partial charge on any atom is 0.573 e. The standard InChI is InChI=1S/C21H17F3N6O3S.C15H15F3N2O4S.C6H15N.C5H6N4.C3H9N.ClH/c1-3-34(31,32)16-12-27-19(18-25-9-4-10-26-18)29-17(16)20-28-11-15(30(20)2)13-5-7-14(8-6-13)33-21(22,23)24;1-3-25(22,23)9-13(21)14-19-8-12(20(14)2)10-4-6-11(7-5-10)24-15(16,17)18;1-4-7(5-2)6-3;6-4(7)5-8-2-1-3-9-5;1-4(2)3;/h4-12H,3H2,1-2H3;4-8H,3,9H2,1-2H3;4-6H2,1-3H3;1-3H,(H3,6,7);1-3H3;1H. The highest BCUT2D eigenvalue weighted by Gasteiger charge is 2.32. The second kappa shape index (κ2) is 31.4. The van der Waals surface area contributed by atoms with Crippen LogP contribution in [-0.2, 0) is 33.8 Å². The molecular formula is C50H63ClF6N14O7S2. The van der Waals surface area contributed by atoms with E-state index in [4.69, 9.17) is 11.1 Å². The lowest BCUT2D eigenvalue weighted by Crippen LogP contribution is -2.21. The summed E-state index contributed by atoms with van der Waals surface area (Å²) in [4.78, 5) is 48.8. The molecule has 0 spiro atoms. The van der Waals surface area contributed by atoms with Crippen molar-refractivity contribution in [3.8, 4) is 57.2 Å². The monoisotopic (exact) mass is 1180 g/mol. The maximum atomic E-state index is 12.7. The van der Waals surface area contributed by atoms with E-state index in [2.05, 4.69) is 75.0 Å². The SMILES string of the molecule is CCN(CC)CC.CCS(=O)(=O)CC(=O)c1ncc(-c2ccc(OC(F)(F)F)cc2)n1C.CCS(=O)(=O)c1cnc(-c2ncccn2)nc1-c1ncc(-c2ccc(OC(F)(F)F)cc2)n1C.CN(C)C.Cl.N=C(N)c1ncccn1. The van der Waals surface area contributed by atoms with Gasteiger partial charge in [-0.1, -0.05) is 34.6 Å². The molecule has 0 radical (unpaired) electrons. The first-order valence-corrected chi connectivity index (χ1v) is 27.3. The fraction of sp³-hybridized carbons (Fsp3) is 0.360. The van der Waals surface area contributed by atoms with E-state index in [-0.39, 0.29) is 81.0 Å². The quantitative estimate of drug-likeness (QED) is 0.0401. The van der Waals surface area contributed by atoms with Crippen molar-refractivity contribution in [3.63, 3.8) is 0 Å². The van der Waals surface area contributed by atoms with Crippen LogP contribution in [0, 0.1) is 5.41 Å². The maximum absolute atomic E-state index is 12.7. The molecule has 0 bridgehead atoms. The molecule has 0 aliphatic carbocycles. The lowest BCUT2D eigenvalue weighted by Gasteiger charge is -2.13. The van der Waals surface area contributed by atoms with Gasteiger partial charge in [-0.25, -0.2) is 56.7 Å². The molecule has 0 amide bonds. The predicted molar refractivity (Wildman–Crippen MR) is 292 cm³/mol. The zero-order chi connectivity index (χ0) is 59.3. The number of nitrogen functional groups attached to an aromatic ring is 1. The minimum Gasteiger partial charge on any atom is -0.406 e. The Bertz CT molecular complexity index is 3250. The van der Waals surface area contributed by atoms with Crippen LogP contribution in [0.4, 0.5) is 26.3 Å². The Morgan fingerprint density at radius 1 is 0.637 bits per heavy atom. The largest absolute Gasteiger partial charge is 0.573 e. The molecule has 0 fully saturated rings. The highest BCUT2D eigenvalue weighted by Crippen LogP contribution is 2.32. The van der Waals surface area contributed by atoms with E-state index in [0.29, 0.717) is 22.5 Å². The molecule has 5 heterocycles. The summed E-state index contributed by atoms with van der Waals surface area (Å²) in [5.41, 5.74) is 7.14. The molecule has 0 saturated carbocycles. The number of aromatic nitrogens is 10. The number of hydrogen-bond donors (Lipinski definition) is 2. The number of nitrogens with two attached hydrogens (primary N) is 1. The highest BCUT2D eigenvalue weighted by atomic mass is 35.5. The molecule has 436 valence electrons. The van der Waals surface area contributed by atoms with Crippen LogP contribution in [0.1, 0.15) is 51.1 Å². The summed E-state index contributed by atoms with van der Waals surface area (Å²) >= 11 is 0. The molecule has 0 unspecified atom stereocenters. The van der Waals surface area contributed by atoms with Gasteiger partial charge in [-0.15, -0.1) is 38.7 Å². The van der Waals surface area contributed by atoms with Gasteiger partial charge in [0.15, 0.2) is 54.6 Å². The van der Waals surface area contributed by atoms with Crippen LogP contribution in [-0.4, -0.2) is 158 Å². The summed E-state index contributed by atoms with van der Waals surface area (Å²) in [5, 5.41) is 6.89. The first-order chi connectivity index (χ1) is 37.0. The van der Waals surface area contributed by atoms with Gasteiger partial charge in [0.05, 0.1) is 35.7 Å². The molecule has 5 aromatic heterocycles. The molecule has 0 aliphatic heterocycles. The first-order valence-electron chi connectivity index (χ1n) is 23.8. The van der Waals surface area contributed by atoms with E-state index in [0.717, 1.165) is 12.1 Å². The Balaban J connectivity index is 0.000000412. The van der Waals surface area contributed by atoms with E-state index in [9.17, 15) is 48.0 Å². The van der Waals surface area contributed by atoms with Gasteiger partial charge in [0.25, 0.3) is 0 Å². The second-order valence-corrected chi connectivity index (χ2v) is 21.2. The summed E-state index contributed by atoms with van der Waals surface area (Å²) < 4.78 is 133. The number of halogens is 7. The van der Waals surface area contributed by atoms with Crippen molar-refractivity contribution in [2.75, 3.05) is 58.0 Å². The molecule has 7 rings (SSSR count). The number of Topliss-reactive ketones (excluding diaryl/α,β-unsaturated/α-hetero) is 1. The molecule has 21 nitrogen and oxygen atoms in total. The number of nitrogens with one attached hydrogen (secondary N) is 1. The Morgan fingerprint density at radius 3 is 1.46 bits per heavy atom. The number of alkyl halides is 6. The summed E-state index contributed by atoms with van der Waals surface area (Å²) in [6.45, 7) is 13.1. The van der Waals surface area contributed by atoms with Gasteiger partial charge in [-0.05, 0) is 101 Å². The van der Waals surface area contributed by atoms with Crippen molar-refractivity contribution >= 4 is 43.7 Å². The molecule has 7 aromatic rings. The summed E-state index contributed by atoms with van der Waals surface area (Å²) in [6, 6.07) is 13.6. The number of carbonyl (C=O) groups excluding carboxylic acids is 1. The molecule has 0 saturated heterocycles. The minimum atomic E-state index is -4.80. The minimum absolute atomic E-state index is 0. The van der Waals surface area contributed by atoms with Gasteiger partial charge in [0.2, 0.25) is 5.78 Å². The number of hydrogen-bond acceptors (Lipinski definition) is 18. The van der Waals surface area contributed by atoms with Gasteiger partial charge in [0.1, 0.15) is 27.8 Å². The average molecular weight is 1190 g/mol. The summed E-state index contributed by atoms with van der Waals surface area (Å²) in [5.74, 6) is -1.68. The normalized spacial score (nSPS) is 11.3. The first kappa shape index (κ1) is 68.6. The lowest BCUT2D eigenvalue weighted by atomic mass is 10.1. The number of nitrogens with zero attached hydrogens (tertiary/aromatic N) is 12. The second-order valence-electron chi connectivity index (χ2n) is 16.6. The van der Waals surface area contributed by atoms with E-state index < -0.39 is 43.9 Å². The highest BCUT2D eigenvalue weighted by molar-refractivity contribution is 7.92. The zero-order valence-corrected chi connectivity index (χ0v) is 47.8. The smallest absolute Gasteiger partial charge is 0.406 e. The molecule has 0 atom stereocenters. The van der Waals surface area contributed by atoms with Crippen LogP contribution >= 0.6 is 12.4 Å². The molecule has 2 aromatic carbocycles. The molecule has 3 N–H and O–H groups in total. The van der Waals surface area contributed by atoms with Gasteiger partial charge in [-0.3, -0.25) is 10.2 Å². The van der Waals surface area contributed by atoms with Crippen molar-refractivity contribution < 1.29 is 57.4 Å². The molecule has 30 heteroatoms. The molecule has 0 aliphatic rings. The number of imidazole rings is 2. The summed E-state index contributed by atoms with van der Waals surface area (Å²) in [6.07, 6.45) is 0.551. The van der Waals surface area contributed by atoms with Crippen LogP contribution < -0.4 is 15.2 Å². The van der Waals surface area contributed by atoms with Crippen LogP contribution in [0.25, 0.3) is 45.7 Å². The number of carbonyl (C=O) groups is 1.